The molecule has 4 nitrogen and oxygen atoms in total. The molecule has 0 bridgehead atoms. The summed E-state index contributed by atoms with van der Waals surface area (Å²) < 4.78 is 10.6. The minimum absolute atomic E-state index is 0.388. The lowest BCUT2D eigenvalue weighted by molar-refractivity contribution is -0.337. The van der Waals surface area contributed by atoms with Crippen molar-refractivity contribution in [1.82, 2.24) is 4.90 Å². The lowest BCUT2D eigenvalue weighted by Gasteiger charge is -2.56. The number of fused-ring (bicyclic) bond motifs is 1. The second-order valence-electron chi connectivity index (χ2n) is 3.32. The number of aldehydes is 1. The van der Waals surface area contributed by atoms with Crippen LogP contribution in [-0.2, 0) is 14.3 Å². The minimum Gasteiger partial charge on any atom is -0.336 e. The van der Waals surface area contributed by atoms with Gasteiger partial charge in [-0.25, -0.2) is 0 Å². The van der Waals surface area contributed by atoms with Crippen molar-refractivity contribution in [3.63, 3.8) is 0 Å². The molecule has 0 unspecified atom stereocenters. The fourth-order valence-corrected chi connectivity index (χ4v) is 3.02. The molecule has 1 saturated heterocycles. The van der Waals surface area contributed by atoms with E-state index in [1.54, 1.807) is 26.0 Å². The van der Waals surface area contributed by atoms with Gasteiger partial charge in [0.05, 0.1) is 11.8 Å². The summed E-state index contributed by atoms with van der Waals surface area (Å²) in [4.78, 5) is 12.6. The molecular formula is C9H13NO3S. The monoisotopic (exact) mass is 215 g/mol. The third-order valence-electron chi connectivity index (χ3n) is 2.67. The molecule has 5 heteroatoms. The normalized spacial score (nSPS) is 28.9. The van der Waals surface area contributed by atoms with Crippen LogP contribution in [0, 0.1) is 0 Å². The van der Waals surface area contributed by atoms with Crippen molar-refractivity contribution >= 4 is 18.0 Å². The average Bonchev–Trinajstić information content (AvgIpc) is 2.21. The third-order valence-corrected chi connectivity index (χ3v) is 3.95. The zero-order valence-corrected chi connectivity index (χ0v) is 9.04. The smallest absolute Gasteiger partial charge is 0.254 e. The van der Waals surface area contributed by atoms with Gasteiger partial charge < -0.3 is 14.4 Å². The van der Waals surface area contributed by atoms with Gasteiger partial charge >= 0.3 is 0 Å². The molecule has 0 saturated carbocycles. The first-order valence-corrected chi connectivity index (χ1v) is 5.47. The van der Waals surface area contributed by atoms with E-state index in [1.807, 2.05) is 11.1 Å². The van der Waals surface area contributed by atoms with Gasteiger partial charge in [-0.2, -0.15) is 0 Å². The number of nitrogens with zero attached hydrogens (tertiary/aromatic N) is 1. The predicted molar refractivity (Wildman–Crippen MR) is 53.6 cm³/mol. The second kappa shape index (κ2) is 3.56. The molecule has 0 spiro atoms. The number of hydrogen-bond donors (Lipinski definition) is 0. The van der Waals surface area contributed by atoms with Crippen LogP contribution in [0.5, 0.6) is 0 Å². The SMILES string of the molecule is COC1(OC)C[C@H]2SCC(C=O)=CN21. The Labute approximate surface area is 87.2 Å². The summed E-state index contributed by atoms with van der Waals surface area (Å²) in [5.41, 5.74) is 0.782. The van der Waals surface area contributed by atoms with Crippen LogP contribution in [0.15, 0.2) is 11.8 Å². The van der Waals surface area contributed by atoms with Crippen LogP contribution in [0.1, 0.15) is 6.42 Å². The van der Waals surface area contributed by atoms with Gasteiger partial charge in [0.2, 0.25) is 0 Å². The van der Waals surface area contributed by atoms with E-state index in [0.29, 0.717) is 5.37 Å². The van der Waals surface area contributed by atoms with E-state index in [-0.39, 0.29) is 0 Å². The maximum atomic E-state index is 10.6. The lowest BCUT2D eigenvalue weighted by Crippen LogP contribution is -2.65. The quantitative estimate of drug-likeness (QED) is 0.514. The minimum atomic E-state index is -0.646. The van der Waals surface area contributed by atoms with Crippen LogP contribution < -0.4 is 0 Å². The molecule has 0 aromatic rings. The highest BCUT2D eigenvalue weighted by Gasteiger charge is 2.53. The summed E-state index contributed by atoms with van der Waals surface area (Å²) in [6, 6.07) is 0. The molecule has 2 rings (SSSR count). The molecule has 0 aliphatic carbocycles. The second-order valence-corrected chi connectivity index (χ2v) is 4.49. The van der Waals surface area contributed by atoms with Crippen LogP contribution in [0.2, 0.25) is 0 Å². The van der Waals surface area contributed by atoms with Crippen molar-refractivity contribution in [2.45, 2.75) is 17.7 Å². The lowest BCUT2D eigenvalue weighted by atomic mass is 10.1. The van der Waals surface area contributed by atoms with Gasteiger partial charge in [0, 0.05) is 31.7 Å². The zero-order valence-electron chi connectivity index (χ0n) is 8.23. The molecule has 1 atom stereocenters. The van der Waals surface area contributed by atoms with Gasteiger partial charge in [0.15, 0.2) is 0 Å². The molecule has 0 aromatic heterocycles. The first-order chi connectivity index (χ1) is 6.75. The van der Waals surface area contributed by atoms with Gasteiger partial charge in [0.1, 0.15) is 6.29 Å². The highest BCUT2D eigenvalue weighted by Crippen LogP contribution is 2.46. The summed E-state index contributed by atoms with van der Waals surface area (Å²) in [7, 11) is 3.24. The molecular weight excluding hydrogens is 202 g/mol. The van der Waals surface area contributed by atoms with Crippen LogP contribution in [0.3, 0.4) is 0 Å². The summed E-state index contributed by atoms with van der Waals surface area (Å²) in [5, 5.41) is 0.388. The fourth-order valence-electron chi connectivity index (χ4n) is 1.79. The van der Waals surface area contributed by atoms with Crippen molar-refractivity contribution < 1.29 is 14.3 Å². The number of ether oxygens (including phenoxy) is 2. The van der Waals surface area contributed by atoms with E-state index >= 15 is 0 Å². The molecule has 1 fully saturated rings. The number of hydrogen-bond acceptors (Lipinski definition) is 5. The van der Waals surface area contributed by atoms with Crippen LogP contribution in [-0.4, -0.2) is 42.4 Å². The van der Waals surface area contributed by atoms with Gasteiger partial charge in [0.25, 0.3) is 5.91 Å². The van der Waals surface area contributed by atoms with E-state index in [0.717, 1.165) is 24.0 Å². The van der Waals surface area contributed by atoms with Crippen molar-refractivity contribution in [3.05, 3.63) is 11.8 Å². The average molecular weight is 215 g/mol. The van der Waals surface area contributed by atoms with Crippen LogP contribution >= 0.6 is 11.8 Å². The van der Waals surface area contributed by atoms with Gasteiger partial charge in [-0.3, -0.25) is 4.79 Å². The Balaban J connectivity index is 2.18. The van der Waals surface area contributed by atoms with Crippen molar-refractivity contribution in [1.29, 1.82) is 0 Å². The number of carbonyl (C=O) groups is 1. The van der Waals surface area contributed by atoms with E-state index in [4.69, 9.17) is 9.47 Å². The number of rotatable bonds is 3. The maximum Gasteiger partial charge on any atom is 0.254 e. The number of thioether (sulfide) groups is 1. The Kier molecular flexibility index (Phi) is 2.55. The van der Waals surface area contributed by atoms with Crippen LogP contribution in [0.25, 0.3) is 0 Å². The molecule has 14 heavy (non-hydrogen) atoms. The Morgan fingerprint density at radius 2 is 2.36 bits per heavy atom. The fraction of sp³-hybridized carbons (Fsp3) is 0.667. The summed E-state index contributed by atoms with van der Waals surface area (Å²) in [5.74, 6) is 0.139. The first-order valence-electron chi connectivity index (χ1n) is 4.42. The van der Waals surface area contributed by atoms with Gasteiger partial charge in [-0.05, 0) is 0 Å². The number of carbonyl (C=O) groups excluding carboxylic acids is 1. The molecule has 0 amide bonds. The highest BCUT2D eigenvalue weighted by atomic mass is 32.2. The van der Waals surface area contributed by atoms with Crippen molar-refractivity contribution in [3.8, 4) is 0 Å². The molecule has 0 aromatic carbocycles. The molecule has 2 heterocycles. The Morgan fingerprint density at radius 1 is 1.64 bits per heavy atom. The van der Waals surface area contributed by atoms with Crippen LogP contribution in [0.4, 0.5) is 0 Å². The summed E-state index contributed by atoms with van der Waals surface area (Å²) in [6.45, 7) is 0. The molecule has 0 N–H and O–H groups in total. The van der Waals surface area contributed by atoms with E-state index in [1.165, 1.54) is 0 Å². The molecule has 2 aliphatic heterocycles. The number of methoxy groups -OCH3 is 2. The third kappa shape index (κ3) is 1.27. The molecule has 2 aliphatic rings. The molecule has 0 radical (unpaired) electrons. The van der Waals surface area contributed by atoms with Gasteiger partial charge in [-0.1, -0.05) is 0 Å². The Bertz CT molecular complexity index is 275. The van der Waals surface area contributed by atoms with Crippen molar-refractivity contribution in [2.24, 2.45) is 0 Å². The van der Waals surface area contributed by atoms with E-state index < -0.39 is 5.91 Å². The van der Waals surface area contributed by atoms with Crippen molar-refractivity contribution in [2.75, 3.05) is 20.0 Å². The zero-order chi connectivity index (χ0) is 10.2. The van der Waals surface area contributed by atoms with E-state index in [2.05, 4.69) is 0 Å². The molecule has 78 valence electrons. The summed E-state index contributed by atoms with van der Waals surface area (Å²) >= 11 is 1.75. The van der Waals surface area contributed by atoms with Gasteiger partial charge in [-0.15, -0.1) is 11.8 Å². The standard InChI is InChI=1S/C9H13NO3S/c1-12-9(13-2)3-8-10(9)4-7(5-11)6-14-8/h4-5,8H,3,6H2,1-2H3/t8-/m1/s1. The largest absolute Gasteiger partial charge is 0.336 e. The Hall–Kier alpha value is -0.520. The maximum absolute atomic E-state index is 10.6. The Morgan fingerprint density at radius 3 is 2.93 bits per heavy atom. The first kappa shape index (κ1) is 10.0. The van der Waals surface area contributed by atoms with E-state index in [9.17, 15) is 4.79 Å². The predicted octanol–water partition coefficient (Wildman–Crippen LogP) is 0.794. The summed E-state index contributed by atoms with van der Waals surface area (Å²) in [6.07, 6.45) is 3.57. The topological polar surface area (TPSA) is 38.8 Å². The highest BCUT2D eigenvalue weighted by molar-refractivity contribution is 8.00.